The monoisotopic (exact) mass is 333 g/mol. The minimum absolute atomic E-state index is 0.399. The smallest absolute Gasteiger partial charge is 0.129 e. The first kappa shape index (κ1) is 13.1. The van der Waals surface area contributed by atoms with E-state index in [0.29, 0.717) is 30.8 Å². The summed E-state index contributed by atoms with van der Waals surface area (Å²) in [6, 6.07) is 7.75. The molecule has 102 valence electrons. The number of rotatable bonds is 2. The van der Waals surface area contributed by atoms with Crippen LogP contribution in [0.15, 0.2) is 28.9 Å². The van der Waals surface area contributed by atoms with Crippen molar-refractivity contribution in [2.24, 2.45) is 0 Å². The molecule has 6 nitrogen and oxygen atoms in total. The molecule has 1 aliphatic heterocycles. The van der Waals surface area contributed by atoms with Gasteiger partial charge in [-0.3, -0.25) is 0 Å². The van der Waals surface area contributed by atoms with Crippen molar-refractivity contribution in [2.75, 3.05) is 18.0 Å². The minimum Gasteiger partial charge on any atom is -0.381 e. The van der Waals surface area contributed by atoms with Gasteiger partial charge in [0.25, 0.3) is 0 Å². The Morgan fingerprint density at radius 3 is 3.05 bits per heavy atom. The third-order valence-electron chi connectivity index (χ3n) is 3.56. The number of benzene rings is 1. The van der Waals surface area contributed by atoms with Crippen molar-refractivity contribution in [3.8, 4) is 6.07 Å². The van der Waals surface area contributed by atoms with E-state index in [0.717, 1.165) is 10.2 Å². The van der Waals surface area contributed by atoms with E-state index in [2.05, 4.69) is 37.4 Å². The highest BCUT2D eigenvalue weighted by molar-refractivity contribution is 9.10. The van der Waals surface area contributed by atoms with Crippen molar-refractivity contribution in [1.29, 1.82) is 5.26 Å². The Morgan fingerprint density at radius 2 is 2.35 bits per heavy atom. The van der Waals surface area contributed by atoms with Crippen LogP contribution in [0.2, 0.25) is 0 Å². The van der Waals surface area contributed by atoms with Gasteiger partial charge in [0, 0.05) is 17.4 Å². The lowest BCUT2D eigenvalue weighted by molar-refractivity contribution is 0.0560. The summed E-state index contributed by atoms with van der Waals surface area (Å²) in [5, 5.41) is 30.1. The van der Waals surface area contributed by atoms with E-state index >= 15 is 0 Å². The molecule has 1 aliphatic rings. The van der Waals surface area contributed by atoms with Crippen molar-refractivity contribution in [1.82, 2.24) is 15.4 Å². The van der Waals surface area contributed by atoms with Crippen LogP contribution in [0.1, 0.15) is 17.7 Å². The van der Waals surface area contributed by atoms with Crippen LogP contribution in [0.5, 0.6) is 0 Å². The number of hydrogen-bond donors (Lipinski definition) is 2. The highest BCUT2D eigenvalue weighted by Gasteiger charge is 2.40. The van der Waals surface area contributed by atoms with Gasteiger partial charge in [-0.05, 0) is 18.2 Å². The zero-order valence-corrected chi connectivity index (χ0v) is 12.1. The van der Waals surface area contributed by atoms with Crippen LogP contribution < -0.4 is 4.90 Å². The highest BCUT2D eigenvalue weighted by Crippen LogP contribution is 2.35. The van der Waals surface area contributed by atoms with E-state index in [9.17, 15) is 10.4 Å². The third kappa shape index (κ3) is 2.17. The van der Waals surface area contributed by atoms with Gasteiger partial charge in [-0.2, -0.15) is 20.7 Å². The summed E-state index contributed by atoms with van der Waals surface area (Å²) in [7, 11) is 0. The second kappa shape index (κ2) is 4.89. The molecule has 0 radical (unpaired) electrons. The molecule has 0 saturated carbocycles. The molecule has 1 saturated heterocycles. The number of β-amino-alcohol motifs (C(OH)–C–C–N with tert-alkyl or cyclic N) is 1. The predicted molar refractivity (Wildman–Crippen MR) is 76.0 cm³/mol. The molecule has 0 amide bonds. The minimum atomic E-state index is -1.02. The molecule has 20 heavy (non-hydrogen) atoms. The van der Waals surface area contributed by atoms with Gasteiger partial charge in [0.2, 0.25) is 0 Å². The molecule has 0 aliphatic carbocycles. The maximum absolute atomic E-state index is 10.6. The molecule has 7 heteroatoms. The average molecular weight is 334 g/mol. The molecule has 1 fully saturated rings. The largest absolute Gasteiger partial charge is 0.381 e. The number of anilines is 1. The summed E-state index contributed by atoms with van der Waals surface area (Å²) >= 11 is 3.36. The molecule has 1 aromatic heterocycles. The van der Waals surface area contributed by atoms with E-state index in [4.69, 9.17) is 0 Å². The zero-order chi connectivity index (χ0) is 14.2. The van der Waals surface area contributed by atoms with Gasteiger partial charge in [0.05, 0.1) is 24.0 Å². The lowest BCUT2D eigenvalue weighted by atomic mass is 10.00. The first-order valence-electron chi connectivity index (χ1n) is 6.16. The van der Waals surface area contributed by atoms with E-state index in [1.54, 1.807) is 6.07 Å². The topological polar surface area (TPSA) is 88.8 Å². The van der Waals surface area contributed by atoms with E-state index < -0.39 is 5.60 Å². The molecular weight excluding hydrogens is 322 g/mol. The van der Waals surface area contributed by atoms with Gasteiger partial charge in [-0.15, -0.1) is 0 Å². The number of nitrogens with one attached hydrogen (secondary N) is 1. The molecule has 1 aromatic carbocycles. The normalized spacial score (nSPS) is 21.9. The summed E-state index contributed by atoms with van der Waals surface area (Å²) in [4.78, 5) is 2.00. The van der Waals surface area contributed by atoms with Crippen LogP contribution in [-0.2, 0) is 5.60 Å². The Balaban J connectivity index is 1.90. The van der Waals surface area contributed by atoms with E-state index in [1.165, 1.54) is 6.20 Å². The Bertz CT molecular complexity index is 666. The molecule has 3 rings (SSSR count). The maximum atomic E-state index is 10.6. The molecule has 2 aromatic rings. The van der Waals surface area contributed by atoms with Crippen molar-refractivity contribution in [3.63, 3.8) is 0 Å². The van der Waals surface area contributed by atoms with E-state index in [1.807, 2.05) is 17.0 Å². The quantitative estimate of drug-likeness (QED) is 0.870. The number of halogens is 1. The first-order chi connectivity index (χ1) is 9.62. The highest BCUT2D eigenvalue weighted by atomic mass is 79.9. The number of aliphatic hydroxyl groups is 1. The molecule has 1 atom stereocenters. The molecule has 0 spiro atoms. The molecule has 2 heterocycles. The van der Waals surface area contributed by atoms with Gasteiger partial charge in [-0.25, -0.2) is 0 Å². The van der Waals surface area contributed by atoms with Gasteiger partial charge in [-0.1, -0.05) is 15.9 Å². The standard InChI is InChI=1S/C13H12BrN5O/c14-10-1-2-11(9(5-10)6-15)19-4-3-13(20,8-19)12-7-16-18-17-12/h1-2,5,7,20H,3-4,8H2,(H,16,17,18). The number of nitriles is 1. The number of aromatic amines is 1. The fourth-order valence-electron chi connectivity index (χ4n) is 2.51. The third-order valence-corrected chi connectivity index (χ3v) is 4.05. The van der Waals surface area contributed by atoms with Crippen LogP contribution in [0.25, 0.3) is 0 Å². The van der Waals surface area contributed by atoms with Crippen LogP contribution in [0, 0.1) is 11.3 Å². The number of H-pyrrole nitrogens is 1. The average Bonchev–Trinajstić information content (AvgIpc) is 3.09. The van der Waals surface area contributed by atoms with Crippen molar-refractivity contribution < 1.29 is 5.11 Å². The number of hydrogen-bond acceptors (Lipinski definition) is 5. The van der Waals surface area contributed by atoms with Gasteiger partial charge in [0.15, 0.2) is 0 Å². The van der Waals surface area contributed by atoms with Crippen molar-refractivity contribution in [2.45, 2.75) is 12.0 Å². The van der Waals surface area contributed by atoms with Crippen molar-refractivity contribution in [3.05, 3.63) is 40.1 Å². The summed E-state index contributed by atoms with van der Waals surface area (Å²) in [5.41, 5.74) is 0.932. The number of aromatic nitrogens is 3. The van der Waals surface area contributed by atoms with Gasteiger partial charge in [0.1, 0.15) is 17.4 Å². The summed E-state index contributed by atoms with van der Waals surface area (Å²) < 4.78 is 0.865. The van der Waals surface area contributed by atoms with Gasteiger partial charge < -0.3 is 10.0 Å². The Kier molecular flexibility index (Phi) is 3.20. The molecule has 2 N–H and O–H groups in total. The summed E-state index contributed by atoms with van der Waals surface area (Å²) in [6.07, 6.45) is 2.09. The molecule has 1 unspecified atom stereocenters. The Morgan fingerprint density at radius 1 is 1.50 bits per heavy atom. The molecule has 0 bridgehead atoms. The summed E-state index contributed by atoms with van der Waals surface area (Å²) in [5.74, 6) is 0. The van der Waals surface area contributed by atoms with Crippen LogP contribution >= 0.6 is 15.9 Å². The fourth-order valence-corrected chi connectivity index (χ4v) is 2.87. The summed E-state index contributed by atoms with van der Waals surface area (Å²) in [6.45, 7) is 1.06. The molecular formula is C13H12BrN5O. The maximum Gasteiger partial charge on any atom is 0.129 e. The first-order valence-corrected chi connectivity index (χ1v) is 6.95. The SMILES string of the molecule is N#Cc1cc(Br)ccc1N1CCC(O)(c2cn[nH]n2)C1. The van der Waals surface area contributed by atoms with E-state index in [-0.39, 0.29) is 0 Å². The number of nitrogens with zero attached hydrogens (tertiary/aromatic N) is 4. The second-order valence-electron chi connectivity index (χ2n) is 4.83. The second-order valence-corrected chi connectivity index (χ2v) is 5.75. The Labute approximate surface area is 124 Å². The predicted octanol–water partition coefficient (Wildman–Crippen LogP) is 1.54. The van der Waals surface area contributed by atoms with Crippen LogP contribution in [-0.4, -0.2) is 33.6 Å². The Hall–Kier alpha value is -1.91. The van der Waals surface area contributed by atoms with Crippen molar-refractivity contribution >= 4 is 21.6 Å². The lowest BCUT2D eigenvalue weighted by Gasteiger charge is -2.23. The van der Waals surface area contributed by atoms with Crippen LogP contribution in [0.3, 0.4) is 0 Å². The van der Waals surface area contributed by atoms with Crippen LogP contribution in [0.4, 0.5) is 5.69 Å². The zero-order valence-electron chi connectivity index (χ0n) is 10.5. The lowest BCUT2D eigenvalue weighted by Crippen LogP contribution is -2.31. The fraction of sp³-hybridized carbons (Fsp3) is 0.308. The van der Waals surface area contributed by atoms with Gasteiger partial charge >= 0.3 is 0 Å².